The first kappa shape index (κ1) is 20.9. The van der Waals surface area contributed by atoms with Crippen LogP contribution in [0.3, 0.4) is 0 Å². The Morgan fingerprint density at radius 2 is 1.72 bits per heavy atom. The van der Waals surface area contributed by atoms with Crippen molar-refractivity contribution < 1.29 is 14.3 Å². The molecular formula is C23H26N2O3S. The highest BCUT2D eigenvalue weighted by Gasteiger charge is 2.09. The maximum absolute atomic E-state index is 12.1. The lowest BCUT2D eigenvalue weighted by molar-refractivity contribution is -0.123. The molecule has 1 N–H and O–H groups in total. The molecule has 0 aliphatic carbocycles. The fourth-order valence-corrected chi connectivity index (χ4v) is 3.52. The quantitative estimate of drug-likeness (QED) is 0.531. The molecule has 0 radical (unpaired) electrons. The van der Waals surface area contributed by atoms with E-state index in [1.54, 1.807) is 17.4 Å². The van der Waals surface area contributed by atoms with Crippen LogP contribution in [-0.2, 0) is 17.8 Å². The summed E-state index contributed by atoms with van der Waals surface area (Å²) in [6.45, 7) is 5.18. The molecule has 0 aliphatic rings. The maximum atomic E-state index is 12.1. The lowest BCUT2D eigenvalue weighted by atomic mass is 10.2. The van der Waals surface area contributed by atoms with Gasteiger partial charge in [-0.25, -0.2) is 4.98 Å². The molecule has 0 fully saturated rings. The zero-order valence-electron chi connectivity index (χ0n) is 16.8. The number of hydrogen-bond donors (Lipinski definition) is 1. The van der Waals surface area contributed by atoms with Crippen molar-refractivity contribution in [3.63, 3.8) is 0 Å². The monoisotopic (exact) mass is 410 g/mol. The summed E-state index contributed by atoms with van der Waals surface area (Å²) in [4.78, 5) is 16.7. The first-order valence-corrected chi connectivity index (χ1v) is 10.6. The molecule has 0 saturated heterocycles. The van der Waals surface area contributed by atoms with E-state index in [1.807, 2.05) is 48.5 Å². The van der Waals surface area contributed by atoms with Crippen molar-refractivity contribution in [2.24, 2.45) is 0 Å². The highest BCUT2D eigenvalue weighted by molar-refractivity contribution is 7.09. The number of nitrogens with zero attached hydrogens (tertiary/aromatic N) is 1. The fraction of sp³-hybridized carbons (Fsp3) is 0.304. The van der Waals surface area contributed by atoms with Crippen LogP contribution >= 0.6 is 11.3 Å². The van der Waals surface area contributed by atoms with E-state index >= 15 is 0 Å². The van der Waals surface area contributed by atoms with E-state index in [1.165, 1.54) is 0 Å². The summed E-state index contributed by atoms with van der Waals surface area (Å²) < 4.78 is 11.5. The van der Waals surface area contributed by atoms with Crippen molar-refractivity contribution >= 4 is 17.2 Å². The summed E-state index contributed by atoms with van der Waals surface area (Å²) in [7, 11) is 0. The van der Waals surface area contributed by atoms with Gasteiger partial charge in [0.1, 0.15) is 6.61 Å². The molecule has 0 spiro atoms. The predicted molar refractivity (Wildman–Crippen MR) is 116 cm³/mol. The van der Waals surface area contributed by atoms with Gasteiger partial charge >= 0.3 is 0 Å². The number of nitrogens with one attached hydrogen (secondary N) is 1. The summed E-state index contributed by atoms with van der Waals surface area (Å²) in [6.07, 6.45) is 0.714. The highest BCUT2D eigenvalue weighted by atomic mass is 32.1. The number of carbonyl (C=O) groups is 1. The minimum atomic E-state index is -0.165. The molecule has 1 amide bonds. The number of hydrogen-bond acceptors (Lipinski definition) is 5. The van der Waals surface area contributed by atoms with Gasteiger partial charge in [-0.3, -0.25) is 4.79 Å². The Labute approximate surface area is 175 Å². The molecule has 6 heteroatoms. The van der Waals surface area contributed by atoms with E-state index in [4.69, 9.17) is 9.47 Å². The van der Waals surface area contributed by atoms with Gasteiger partial charge in [0.2, 0.25) is 0 Å². The van der Waals surface area contributed by atoms with Gasteiger partial charge in [-0.2, -0.15) is 0 Å². The van der Waals surface area contributed by atoms with Gasteiger partial charge < -0.3 is 14.8 Å². The molecule has 5 nitrogen and oxygen atoms in total. The third kappa shape index (κ3) is 6.61. The van der Waals surface area contributed by atoms with Crippen LogP contribution in [0.2, 0.25) is 0 Å². The van der Waals surface area contributed by atoms with Gasteiger partial charge in [-0.1, -0.05) is 56.3 Å². The number of ether oxygens (including phenoxy) is 2. The maximum Gasteiger partial charge on any atom is 0.257 e. The van der Waals surface area contributed by atoms with Gasteiger partial charge in [-0.05, 0) is 17.7 Å². The molecule has 0 aliphatic heterocycles. The Kier molecular flexibility index (Phi) is 7.64. The number of para-hydroxylation sites is 2. The van der Waals surface area contributed by atoms with Crippen molar-refractivity contribution in [2.75, 3.05) is 13.2 Å². The van der Waals surface area contributed by atoms with Crippen molar-refractivity contribution in [1.82, 2.24) is 10.3 Å². The number of aromatic nitrogens is 1. The second-order valence-electron chi connectivity index (χ2n) is 6.94. The van der Waals surface area contributed by atoms with E-state index in [0.717, 1.165) is 16.3 Å². The van der Waals surface area contributed by atoms with Crippen molar-refractivity contribution in [1.29, 1.82) is 0 Å². The molecule has 3 aromatic rings. The third-order valence-corrected chi connectivity index (χ3v) is 5.41. The standard InChI is InChI=1S/C23H26N2O3S/c1-17(2)23-25-19(16-29-23)12-13-24-22(26)15-28-21-11-7-6-10-20(21)27-14-18-8-4-3-5-9-18/h3-11,16-17H,12-15H2,1-2H3,(H,24,26). The summed E-state index contributed by atoms with van der Waals surface area (Å²) in [5.74, 6) is 1.44. The Bertz CT molecular complexity index is 909. The zero-order chi connectivity index (χ0) is 20.5. The van der Waals surface area contributed by atoms with Gasteiger partial charge in [-0.15, -0.1) is 11.3 Å². The largest absolute Gasteiger partial charge is 0.485 e. The topological polar surface area (TPSA) is 60.5 Å². The van der Waals surface area contributed by atoms with Crippen molar-refractivity contribution in [2.45, 2.75) is 32.8 Å². The average Bonchev–Trinajstić information content (AvgIpc) is 3.21. The van der Waals surface area contributed by atoms with Gasteiger partial charge in [0.25, 0.3) is 5.91 Å². The number of carbonyl (C=O) groups excluding carboxylic acids is 1. The van der Waals surface area contributed by atoms with Crippen LogP contribution in [0, 0.1) is 0 Å². The SMILES string of the molecule is CC(C)c1nc(CCNC(=O)COc2ccccc2OCc2ccccc2)cs1. The number of thiazole rings is 1. The summed E-state index contributed by atoms with van der Waals surface area (Å²) in [6, 6.07) is 17.3. The lowest BCUT2D eigenvalue weighted by Gasteiger charge is -2.12. The Balaban J connectivity index is 1.43. The molecule has 0 saturated carbocycles. The van der Waals surface area contributed by atoms with E-state index in [0.29, 0.717) is 37.0 Å². The molecule has 1 heterocycles. The molecule has 152 valence electrons. The van der Waals surface area contributed by atoms with Crippen LogP contribution in [0.4, 0.5) is 0 Å². The van der Waals surface area contributed by atoms with Crippen LogP contribution in [0.5, 0.6) is 11.5 Å². The summed E-state index contributed by atoms with van der Waals surface area (Å²) >= 11 is 1.67. The highest BCUT2D eigenvalue weighted by Crippen LogP contribution is 2.27. The number of benzene rings is 2. The van der Waals surface area contributed by atoms with Crippen molar-refractivity contribution in [3.05, 3.63) is 76.2 Å². The van der Waals surface area contributed by atoms with Gasteiger partial charge in [0.15, 0.2) is 18.1 Å². The zero-order valence-corrected chi connectivity index (χ0v) is 17.6. The molecule has 0 bridgehead atoms. The first-order chi connectivity index (χ1) is 14.1. The first-order valence-electron chi connectivity index (χ1n) is 9.71. The van der Waals surface area contributed by atoms with Crippen molar-refractivity contribution in [3.8, 4) is 11.5 Å². The summed E-state index contributed by atoms with van der Waals surface area (Å²) in [5, 5.41) is 6.06. The normalized spacial score (nSPS) is 10.7. The lowest BCUT2D eigenvalue weighted by Crippen LogP contribution is -2.30. The molecule has 2 aromatic carbocycles. The number of rotatable bonds is 10. The molecule has 0 atom stereocenters. The molecule has 0 unspecified atom stereocenters. The third-order valence-electron chi connectivity index (χ3n) is 4.21. The minimum absolute atomic E-state index is 0.0555. The summed E-state index contributed by atoms with van der Waals surface area (Å²) in [5.41, 5.74) is 2.09. The second-order valence-corrected chi connectivity index (χ2v) is 7.83. The average molecular weight is 411 g/mol. The van der Waals surface area contributed by atoms with Crippen LogP contribution in [-0.4, -0.2) is 24.0 Å². The Morgan fingerprint density at radius 1 is 1.03 bits per heavy atom. The number of amides is 1. The van der Waals surface area contributed by atoms with Crippen LogP contribution in [0.25, 0.3) is 0 Å². The van der Waals surface area contributed by atoms with Crippen LogP contribution < -0.4 is 14.8 Å². The van der Waals surface area contributed by atoms with Crippen LogP contribution in [0.1, 0.15) is 36.0 Å². The fourth-order valence-electron chi connectivity index (χ4n) is 2.65. The molecule has 29 heavy (non-hydrogen) atoms. The Hall–Kier alpha value is -2.86. The predicted octanol–water partition coefficient (Wildman–Crippen LogP) is 4.58. The second kappa shape index (κ2) is 10.6. The Morgan fingerprint density at radius 3 is 2.41 bits per heavy atom. The van der Waals surface area contributed by atoms with E-state index in [2.05, 4.69) is 29.5 Å². The minimum Gasteiger partial charge on any atom is -0.485 e. The molecular weight excluding hydrogens is 384 g/mol. The van der Waals surface area contributed by atoms with E-state index < -0.39 is 0 Å². The van der Waals surface area contributed by atoms with Crippen LogP contribution in [0.15, 0.2) is 60.0 Å². The smallest absolute Gasteiger partial charge is 0.257 e. The van der Waals surface area contributed by atoms with Gasteiger partial charge in [0, 0.05) is 24.3 Å². The van der Waals surface area contributed by atoms with E-state index in [9.17, 15) is 4.79 Å². The molecule has 1 aromatic heterocycles. The van der Waals surface area contributed by atoms with Gasteiger partial charge in [0.05, 0.1) is 10.7 Å². The van der Waals surface area contributed by atoms with E-state index in [-0.39, 0.29) is 12.5 Å². The molecule has 3 rings (SSSR count).